The topological polar surface area (TPSA) is 56.3 Å². The molecule has 0 N–H and O–H groups in total. The van der Waals surface area contributed by atoms with E-state index in [1.807, 2.05) is 0 Å². The first kappa shape index (κ1) is 19.2. The van der Waals surface area contributed by atoms with Gasteiger partial charge in [0.05, 0.1) is 15.4 Å². The quantitative estimate of drug-likeness (QED) is 0.576. The third-order valence-corrected chi connectivity index (χ3v) is 5.56. The van der Waals surface area contributed by atoms with Crippen molar-refractivity contribution >= 4 is 21.4 Å². The summed E-state index contributed by atoms with van der Waals surface area (Å²) in [6.45, 7) is 0. The number of aromatic nitrogens is 1. The number of sulfone groups is 1. The van der Waals surface area contributed by atoms with Crippen molar-refractivity contribution in [2.75, 3.05) is 0 Å². The van der Waals surface area contributed by atoms with Crippen molar-refractivity contribution in [3.63, 3.8) is 0 Å². The Morgan fingerprint density at radius 1 is 0.926 bits per heavy atom. The van der Waals surface area contributed by atoms with Crippen molar-refractivity contribution in [1.82, 2.24) is 4.98 Å². The van der Waals surface area contributed by atoms with Crippen molar-refractivity contribution in [3.05, 3.63) is 77.4 Å². The fourth-order valence-corrected chi connectivity index (χ4v) is 3.73. The van der Waals surface area contributed by atoms with E-state index < -0.39 is 21.6 Å². The predicted octanol–water partition coefficient (Wildman–Crippen LogP) is 5.38. The summed E-state index contributed by atoms with van der Waals surface area (Å²) in [6, 6.07) is 14.0. The molecule has 9 heteroatoms. The molecule has 140 valence electrons. The average molecular weight is 414 g/mol. The van der Waals surface area contributed by atoms with Crippen LogP contribution < -0.4 is 4.74 Å². The standard InChI is InChI=1S/C18H11ClF3NO3S/c19-16-9-12(18(20,21)22)11-23-17(16)26-13-5-4-8-15(10-13)27(24,25)14-6-2-1-3-7-14/h1-11H. The molecule has 0 aliphatic rings. The van der Waals surface area contributed by atoms with Gasteiger partial charge in [-0.2, -0.15) is 13.2 Å². The van der Waals surface area contributed by atoms with Gasteiger partial charge in [0.2, 0.25) is 15.7 Å². The molecule has 2 aromatic carbocycles. The summed E-state index contributed by atoms with van der Waals surface area (Å²) in [5.41, 5.74) is -1.01. The maximum Gasteiger partial charge on any atom is 0.417 e. The first-order chi connectivity index (χ1) is 12.7. The number of hydrogen-bond donors (Lipinski definition) is 0. The first-order valence-electron chi connectivity index (χ1n) is 7.49. The lowest BCUT2D eigenvalue weighted by atomic mass is 10.3. The second kappa shape index (κ2) is 7.21. The fraction of sp³-hybridized carbons (Fsp3) is 0.0556. The van der Waals surface area contributed by atoms with Crippen LogP contribution in [-0.4, -0.2) is 13.4 Å². The van der Waals surface area contributed by atoms with Gasteiger partial charge in [0.25, 0.3) is 0 Å². The summed E-state index contributed by atoms with van der Waals surface area (Å²) < 4.78 is 68.6. The maximum absolute atomic E-state index is 12.7. The SMILES string of the molecule is O=S(=O)(c1ccccc1)c1cccc(Oc2ncc(C(F)(F)F)cc2Cl)c1. The number of hydrogen-bond acceptors (Lipinski definition) is 4. The zero-order chi connectivity index (χ0) is 19.7. The molecule has 0 spiro atoms. The van der Waals surface area contributed by atoms with Gasteiger partial charge in [0.15, 0.2) is 0 Å². The molecule has 0 bridgehead atoms. The minimum absolute atomic E-state index is 0.0331. The highest BCUT2D eigenvalue weighted by Crippen LogP contribution is 2.35. The number of alkyl halides is 3. The van der Waals surface area contributed by atoms with Crippen LogP contribution in [0.2, 0.25) is 5.02 Å². The van der Waals surface area contributed by atoms with E-state index in [0.29, 0.717) is 12.3 Å². The maximum atomic E-state index is 12.7. The largest absolute Gasteiger partial charge is 0.437 e. The second-order valence-electron chi connectivity index (χ2n) is 5.40. The summed E-state index contributed by atoms with van der Waals surface area (Å²) in [4.78, 5) is 3.64. The van der Waals surface area contributed by atoms with Gasteiger partial charge in [-0.25, -0.2) is 13.4 Å². The second-order valence-corrected chi connectivity index (χ2v) is 7.76. The van der Waals surface area contributed by atoms with Crippen LogP contribution in [0.3, 0.4) is 0 Å². The van der Waals surface area contributed by atoms with E-state index in [9.17, 15) is 21.6 Å². The van der Waals surface area contributed by atoms with E-state index in [1.54, 1.807) is 18.2 Å². The number of pyridine rings is 1. The Hall–Kier alpha value is -2.58. The zero-order valence-electron chi connectivity index (χ0n) is 13.4. The molecule has 0 fully saturated rings. The van der Waals surface area contributed by atoms with Gasteiger partial charge in [0.1, 0.15) is 10.8 Å². The Bertz CT molecular complexity index is 1070. The first-order valence-corrected chi connectivity index (χ1v) is 9.35. The van der Waals surface area contributed by atoms with Crippen LogP contribution in [-0.2, 0) is 16.0 Å². The van der Waals surface area contributed by atoms with Gasteiger partial charge in [-0.3, -0.25) is 0 Å². The van der Waals surface area contributed by atoms with Crippen molar-refractivity contribution in [2.24, 2.45) is 0 Å². The minimum Gasteiger partial charge on any atom is -0.437 e. The molecule has 1 heterocycles. The average Bonchev–Trinajstić information content (AvgIpc) is 2.63. The molecule has 0 aliphatic heterocycles. The van der Waals surface area contributed by atoms with Crippen molar-refractivity contribution < 1.29 is 26.3 Å². The van der Waals surface area contributed by atoms with Gasteiger partial charge >= 0.3 is 6.18 Å². The van der Waals surface area contributed by atoms with Crippen LogP contribution in [0.5, 0.6) is 11.6 Å². The lowest BCUT2D eigenvalue weighted by Gasteiger charge is -2.11. The lowest BCUT2D eigenvalue weighted by molar-refractivity contribution is -0.137. The van der Waals surface area contributed by atoms with Gasteiger partial charge in [-0.05, 0) is 36.4 Å². The minimum atomic E-state index is -4.58. The summed E-state index contributed by atoms with van der Waals surface area (Å²) >= 11 is 5.81. The third kappa shape index (κ3) is 4.23. The molecule has 0 amide bonds. The smallest absolute Gasteiger partial charge is 0.417 e. The molecule has 0 unspecified atom stereocenters. The third-order valence-electron chi connectivity index (χ3n) is 3.52. The summed E-state index contributed by atoms with van der Waals surface area (Å²) in [5.74, 6) is -0.194. The molecule has 27 heavy (non-hydrogen) atoms. The van der Waals surface area contributed by atoms with E-state index in [-0.39, 0.29) is 26.4 Å². The molecule has 4 nitrogen and oxygen atoms in total. The van der Waals surface area contributed by atoms with Crippen molar-refractivity contribution in [1.29, 1.82) is 0 Å². The highest BCUT2D eigenvalue weighted by atomic mass is 35.5. The molecule has 1 aromatic heterocycles. The summed E-state index contributed by atoms with van der Waals surface area (Å²) in [7, 11) is -3.77. The number of benzene rings is 2. The van der Waals surface area contributed by atoms with E-state index in [2.05, 4.69) is 4.98 Å². The van der Waals surface area contributed by atoms with Crippen LogP contribution in [0.15, 0.2) is 76.7 Å². The number of ether oxygens (including phenoxy) is 1. The monoisotopic (exact) mass is 413 g/mol. The molecular formula is C18H11ClF3NO3S. The van der Waals surface area contributed by atoms with Crippen molar-refractivity contribution in [3.8, 4) is 11.6 Å². The van der Waals surface area contributed by atoms with Crippen LogP contribution in [0.4, 0.5) is 13.2 Å². The molecule has 0 saturated heterocycles. The Labute approximate surface area is 158 Å². The predicted molar refractivity (Wildman–Crippen MR) is 92.7 cm³/mol. The normalized spacial score (nSPS) is 12.0. The summed E-state index contributed by atoms with van der Waals surface area (Å²) in [5, 5.41) is -0.346. The number of nitrogens with zero attached hydrogens (tertiary/aromatic N) is 1. The highest BCUT2D eigenvalue weighted by molar-refractivity contribution is 7.91. The van der Waals surface area contributed by atoms with Gasteiger partial charge in [0, 0.05) is 6.20 Å². The molecule has 3 rings (SSSR count). The van der Waals surface area contributed by atoms with Gasteiger partial charge < -0.3 is 4.74 Å². The molecule has 0 atom stereocenters. The van der Waals surface area contributed by atoms with Crippen LogP contribution >= 0.6 is 11.6 Å². The number of halogens is 4. The zero-order valence-corrected chi connectivity index (χ0v) is 15.0. The highest BCUT2D eigenvalue weighted by Gasteiger charge is 2.31. The van der Waals surface area contributed by atoms with E-state index in [4.69, 9.17) is 16.3 Å². The Morgan fingerprint density at radius 2 is 1.59 bits per heavy atom. The number of rotatable bonds is 4. The molecule has 0 aliphatic carbocycles. The van der Waals surface area contributed by atoms with E-state index in [0.717, 1.165) is 0 Å². The van der Waals surface area contributed by atoms with Crippen LogP contribution in [0.1, 0.15) is 5.56 Å². The molecule has 0 radical (unpaired) electrons. The lowest BCUT2D eigenvalue weighted by Crippen LogP contribution is -2.06. The Balaban J connectivity index is 1.91. The van der Waals surface area contributed by atoms with Crippen LogP contribution in [0, 0.1) is 0 Å². The van der Waals surface area contributed by atoms with Crippen molar-refractivity contribution in [2.45, 2.75) is 16.0 Å². The van der Waals surface area contributed by atoms with Crippen LogP contribution in [0.25, 0.3) is 0 Å². The van der Waals surface area contributed by atoms with Gasteiger partial charge in [-0.15, -0.1) is 0 Å². The summed E-state index contributed by atoms with van der Waals surface area (Å²) in [6.07, 6.45) is -4.00. The Morgan fingerprint density at radius 3 is 2.22 bits per heavy atom. The van der Waals surface area contributed by atoms with E-state index in [1.165, 1.54) is 36.4 Å². The van der Waals surface area contributed by atoms with E-state index >= 15 is 0 Å². The fourth-order valence-electron chi connectivity index (χ4n) is 2.21. The molecule has 0 saturated carbocycles. The molecule has 3 aromatic rings. The Kier molecular flexibility index (Phi) is 5.12. The molecular weight excluding hydrogens is 403 g/mol. The van der Waals surface area contributed by atoms with Gasteiger partial charge in [-0.1, -0.05) is 35.9 Å².